The highest BCUT2D eigenvalue weighted by atomic mass is 32.2. The van der Waals surface area contributed by atoms with Crippen molar-refractivity contribution >= 4 is 15.7 Å². The Kier molecular flexibility index (Phi) is 3.34. The van der Waals surface area contributed by atoms with E-state index in [9.17, 15) is 8.42 Å². The maximum atomic E-state index is 11.4. The molecule has 4 nitrogen and oxygen atoms in total. The lowest BCUT2D eigenvalue weighted by atomic mass is 10.1. The minimum absolute atomic E-state index is 0.316. The standard InChI is InChI=1S/C13H14N2O2S/c1-14-13-5-3-4-12(15-13)10-6-8-11(9-7-10)18(2,16)17/h3-9H,1-2H3,(H,14,15). The molecule has 2 rings (SSSR count). The molecule has 1 N–H and O–H groups in total. The average Bonchev–Trinajstić information content (AvgIpc) is 2.38. The zero-order valence-corrected chi connectivity index (χ0v) is 11.0. The zero-order valence-electron chi connectivity index (χ0n) is 10.2. The molecule has 1 aromatic carbocycles. The highest BCUT2D eigenvalue weighted by molar-refractivity contribution is 7.90. The van der Waals surface area contributed by atoms with Crippen molar-refractivity contribution in [3.05, 3.63) is 42.5 Å². The number of hydrogen-bond donors (Lipinski definition) is 1. The molecule has 0 aliphatic rings. The monoisotopic (exact) mass is 262 g/mol. The number of anilines is 1. The lowest BCUT2D eigenvalue weighted by molar-refractivity contribution is 0.602. The van der Waals surface area contributed by atoms with Crippen LogP contribution >= 0.6 is 0 Å². The van der Waals surface area contributed by atoms with Gasteiger partial charge in [0.15, 0.2) is 9.84 Å². The van der Waals surface area contributed by atoms with E-state index in [0.717, 1.165) is 17.1 Å². The van der Waals surface area contributed by atoms with Gasteiger partial charge in [0.1, 0.15) is 5.82 Å². The second kappa shape index (κ2) is 4.78. The maximum absolute atomic E-state index is 11.4. The highest BCUT2D eigenvalue weighted by Crippen LogP contribution is 2.20. The summed E-state index contributed by atoms with van der Waals surface area (Å²) in [6.45, 7) is 0. The van der Waals surface area contributed by atoms with Gasteiger partial charge in [0, 0.05) is 18.9 Å². The minimum atomic E-state index is -3.15. The van der Waals surface area contributed by atoms with Crippen LogP contribution in [0, 0.1) is 0 Å². The Morgan fingerprint density at radius 1 is 1.06 bits per heavy atom. The van der Waals surface area contributed by atoms with Gasteiger partial charge in [0.2, 0.25) is 0 Å². The fraction of sp³-hybridized carbons (Fsp3) is 0.154. The Hall–Kier alpha value is -1.88. The Bertz CT molecular complexity index is 649. The van der Waals surface area contributed by atoms with E-state index in [1.807, 2.05) is 18.2 Å². The predicted octanol–water partition coefficient (Wildman–Crippen LogP) is 2.19. The van der Waals surface area contributed by atoms with Gasteiger partial charge in [-0.1, -0.05) is 18.2 Å². The second-order valence-corrected chi connectivity index (χ2v) is 5.97. The number of nitrogens with zero attached hydrogens (tertiary/aromatic N) is 1. The molecule has 0 saturated heterocycles. The molecule has 0 spiro atoms. The fourth-order valence-electron chi connectivity index (χ4n) is 1.61. The molecule has 5 heteroatoms. The van der Waals surface area contributed by atoms with Crippen molar-refractivity contribution in [2.75, 3.05) is 18.6 Å². The highest BCUT2D eigenvalue weighted by Gasteiger charge is 2.07. The first-order valence-electron chi connectivity index (χ1n) is 5.46. The molecule has 0 aliphatic heterocycles. The summed E-state index contributed by atoms with van der Waals surface area (Å²) in [5.74, 6) is 0.777. The van der Waals surface area contributed by atoms with Crippen molar-refractivity contribution < 1.29 is 8.42 Å². The summed E-state index contributed by atoms with van der Waals surface area (Å²) in [7, 11) is -1.34. The predicted molar refractivity (Wildman–Crippen MR) is 72.3 cm³/mol. The van der Waals surface area contributed by atoms with Gasteiger partial charge < -0.3 is 5.32 Å². The number of benzene rings is 1. The molecule has 0 fully saturated rings. The number of sulfone groups is 1. The molecule has 0 aliphatic carbocycles. The lowest BCUT2D eigenvalue weighted by Crippen LogP contribution is -1.97. The number of aromatic nitrogens is 1. The van der Waals surface area contributed by atoms with Gasteiger partial charge >= 0.3 is 0 Å². The molecule has 0 radical (unpaired) electrons. The fourth-order valence-corrected chi connectivity index (χ4v) is 2.24. The first kappa shape index (κ1) is 12.6. The van der Waals surface area contributed by atoms with E-state index in [1.165, 1.54) is 6.26 Å². The largest absolute Gasteiger partial charge is 0.373 e. The number of hydrogen-bond acceptors (Lipinski definition) is 4. The molecular weight excluding hydrogens is 248 g/mol. The van der Waals surface area contributed by atoms with E-state index in [4.69, 9.17) is 0 Å². The van der Waals surface area contributed by atoms with Crippen LogP contribution in [-0.2, 0) is 9.84 Å². The molecule has 18 heavy (non-hydrogen) atoms. The van der Waals surface area contributed by atoms with Crippen molar-refractivity contribution in [1.82, 2.24) is 4.98 Å². The van der Waals surface area contributed by atoms with Crippen LogP contribution in [0.2, 0.25) is 0 Å². The van der Waals surface area contributed by atoms with Crippen LogP contribution in [0.5, 0.6) is 0 Å². The van der Waals surface area contributed by atoms with Crippen LogP contribution in [0.25, 0.3) is 11.3 Å². The topological polar surface area (TPSA) is 59.1 Å². The van der Waals surface area contributed by atoms with E-state index >= 15 is 0 Å². The van der Waals surface area contributed by atoms with E-state index in [2.05, 4.69) is 10.3 Å². The third kappa shape index (κ3) is 2.68. The normalized spacial score (nSPS) is 11.2. The summed E-state index contributed by atoms with van der Waals surface area (Å²) >= 11 is 0. The van der Waals surface area contributed by atoms with Crippen molar-refractivity contribution in [3.8, 4) is 11.3 Å². The number of pyridine rings is 1. The van der Waals surface area contributed by atoms with Gasteiger partial charge in [-0.05, 0) is 24.3 Å². The van der Waals surface area contributed by atoms with Gasteiger partial charge in [-0.15, -0.1) is 0 Å². The van der Waals surface area contributed by atoms with Gasteiger partial charge in [0.25, 0.3) is 0 Å². The van der Waals surface area contributed by atoms with E-state index in [0.29, 0.717) is 4.90 Å². The Balaban J connectivity index is 2.40. The summed E-state index contributed by atoms with van der Waals surface area (Å²) in [4.78, 5) is 4.71. The second-order valence-electron chi connectivity index (χ2n) is 3.95. The SMILES string of the molecule is CNc1cccc(-c2ccc(S(C)(=O)=O)cc2)n1. The summed E-state index contributed by atoms with van der Waals surface area (Å²) < 4.78 is 22.7. The minimum Gasteiger partial charge on any atom is -0.373 e. The van der Waals surface area contributed by atoms with Crippen LogP contribution in [0.3, 0.4) is 0 Å². The van der Waals surface area contributed by atoms with Crippen molar-refractivity contribution in [2.45, 2.75) is 4.90 Å². The Morgan fingerprint density at radius 3 is 2.28 bits per heavy atom. The molecule has 0 unspecified atom stereocenters. The van der Waals surface area contributed by atoms with Gasteiger partial charge in [0.05, 0.1) is 10.6 Å². The quantitative estimate of drug-likeness (QED) is 0.921. The summed E-state index contributed by atoms with van der Waals surface area (Å²) in [6, 6.07) is 12.4. The van der Waals surface area contributed by atoms with Crippen LogP contribution in [0.4, 0.5) is 5.82 Å². The Morgan fingerprint density at radius 2 is 1.72 bits per heavy atom. The van der Waals surface area contributed by atoms with Crippen molar-refractivity contribution in [3.63, 3.8) is 0 Å². The van der Waals surface area contributed by atoms with Crippen molar-refractivity contribution in [2.24, 2.45) is 0 Å². The van der Waals surface area contributed by atoms with E-state index in [-0.39, 0.29) is 0 Å². The molecule has 0 atom stereocenters. The summed E-state index contributed by atoms with van der Waals surface area (Å²) in [5.41, 5.74) is 1.70. The van der Waals surface area contributed by atoms with Crippen LogP contribution in [0.1, 0.15) is 0 Å². The van der Waals surface area contributed by atoms with Gasteiger partial charge in [-0.2, -0.15) is 0 Å². The molecule has 0 amide bonds. The van der Waals surface area contributed by atoms with E-state index in [1.54, 1.807) is 31.3 Å². The van der Waals surface area contributed by atoms with Crippen LogP contribution < -0.4 is 5.32 Å². The maximum Gasteiger partial charge on any atom is 0.175 e. The smallest absolute Gasteiger partial charge is 0.175 e. The molecule has 1 aromatic heterocycles. The van der Waals surface area contributed by atoms with Crippen LogP contribution in [-0.4, -0.2) is 26.7 Å². The average molecular weight is 262 g/mol. The molecule has 0 saturated carbocycles. The van der Waals surface area contributed by atoms with Gasteiger partial charge in [-0.3, -0.25) is 0 Å². The summed E-state index contributed by atoms with van der Waals surface area (Å²) in [6.07, 6.45) is 1.20. The summed E-state index contributed by atoms with van der Waals surface area (Å²) in [5, 5.41) is 2.97. The molecule has 94 valence electrons. The van der Waals surface area contributed by atoms with Crippen molar-refractivity contribution in [1.29, 1.82) is 0 Å². The molecule has 2 aromatic rings. The molecule has 0 bridgehead atoms. The number of nitrogens with one attached hydrogen (secondary N) is 1. The number of rotatable bonds is 3. The zero-order chi connectivity index (χ0) is 13.2. The van der Waals surface area contributed by atoms with E-state index < -0.39 is 9.84 Å². The third-order valence-corrected chi connectivity index (χ3v) is 3.71. The third-order valence-electron chi connectivity index (χ3n) is 2.58. The first-order valence-corrected chi connectivity index (χ1v) is 7.35. The lowest BCUT2D eigenvalue weighted by Gasteiger charge is -2.05. The molecular formula is C13H14N2O2S. The van der Waals surface area contributed by atoms with Crippen LogP contribution in [0.15, 0.2) is 47.4 Å². The Labute approximate surface area is 107 Å². The first-order chi connectivity index (χ1) is 8.50. The van der Waals surface area contributed by atoms with Gasteiger partial charge in [-0.25, -0.2) is 13.4 Å². The molecule has 1 heterocycles.